The Morgan fingerprint density at radius 3 is 2.62 bits per heavy atom. The number of thiophene rings is 1. The van der Waals surface area contributed by atoms with Crippen LogP contribution in [0.1, 0.15) is 56.5 Å². The van der Waals surface area contributed by atoms with Crippen LogP contribution in [0.2, 0.25) is 5.02 Å². The number of nitrogens with zero attached hydrogens (tertiary/aromatic N) is 2. The Morgan fingerprint density at radius 1 is 1.27 bits per heavy atom. The molecule has 196 valence electrons. The largest absolute Gasteiger partial charge is 0.489 e. The van der Waals surface area contributed by atoms with E-state index in [0.717, 1.165) is 23.5 Å². The summed E-state index contributed by atoms with van der Waals surface area (Å²) >= 11 is 7.52. The second-order valence-corrected chi connectivity index (χ2v) is 10.7. The number of benzene rings is 2. The number of alkyl halides is 1. The molecular formula is C27H27ClF3N3O2S. The highest BCUT2D eigenvalue weighted by atomic mass is 35.5. The number of ether oxygens (including phenoxy) is 1. The molecule has 3 heterocycles. The predicted molar refractivity (Wildman–Crippen MR) is 141 cm³/mol. The fraction of sp³-hybridized carbons (Fsp3) is 0.407. The lowest BCUT2D eigenvalue weighted by Gasteiger charge is -2.43. The molecule has 0 radical (unpaired) electrons. The Balaban J connectivity index is 0.00000156. The number of nitrogen functional groups attached to an aromatic ring is 1. The number of carbonyl (C=O) groups excluding carboxylic acids is 1. The molecule has 1 aromatic heterocycles. The maximum atomic E-state index is 15.6. The molecule has 2 atom stereocenters. The Labute approximate surface area is 222 Å². The highest BCUT2D eigenvalue weighted by Crippen LogP contribution is 2.48. The van der Waals surface area contributed by atoms with Crippen LogP contribution in [0.3, 0.4) is 0 Å². The van der Waals surface area contributed by atoms with Gasteiger partial charge in [-0.2, -0.15) is 5.26 Å². The molecule has 10 heteroatoms. The second-order valence-electron chi connectivity index (χ2n) is 9.28. The third-order valence-electron chi connectivity index (χ3n) is 7.10. The highest BCUT2D eigenvalue weighted by Gasteiger charge is 2.46. The predicted octanol–water partition coefficient (Wildman–Crippen LogP) is 7.34. The van der Waals surface area contributed by atoms with Crippen LogP contribution in [-0.4, -0.2) is 35.7 Å². The van der Waals surface area contributed by atoms with Gasteiger partial charge in [0.1, 0.15) is 35.0 Å². The fourth-order valence-electron chi connectivity index (χ4n) is 5.02. The van der Waals surface area contributed by atoms with E-state index in [-0.39, 0.29) is 80.0 Å². The van der Waals surface area contributed by atoms with Gasteiger partial charge in [0.2, 0.25) is 0 Å². The number of anilines is 1. The van der Waals surface area contributed by atoms with Gasteiger partial charge in [0, 0.05) is 23.9 Å². The highest BCUT2D eigenvalue weighted by molar-refractivity contribution is 7.23. The first kappa shape index (κ1) is 27.1. The van der Waals surface area contributed by atoms with Crippen molar-refractivity contribution in [3.8, 4) is 22.9 Å². The summed E-state index contributed by atoms with van der Waals surface area (Å²) in [4.78, 5) is 14.9. The minimum absolute atomic E-state index is 0.00437. The molecule has 1 fully saturated rings. The molecule has 2 aliphatic heterocycles. The van der Waals surface area contributed by atoms with Gasteiger partial charge in [-0.1, -0.05) is 45.4 Å². The van der Waals surface area contributed by atoms with Crippen molar-refractivity contribution in [1.29, 1.82) is 5.26 Å². The van der Waals surface area contributed by atoms with Crippen LogP contribution in [0.5, 0.6) is 5.75 Å². The molecular weight excluding hydrogens is 523 g/mol. The summed E-state index contributed by atoms with van der Waals surface area (Å²) in [5, 5.41) is 9.66. The average Bonchev–Trinajstić information content (AvgIpc) is 3.15. The van der Waals surface area contributed by atoms with Crippen molar-refractivity contribution in [1.82, 2.24) is 4.90 Å². The van der Waals surface area contributed by atoms with E-state index in [4.69, 9.17) is 22.1 Å². The summed E-state index contributed by atoms with van der Waals surface area (Å²) in [7, 11) is 0. The number of hydrogen-bond acceptors (Lipinski definition) is 5. The minimum Gasteiger partial charge on any atom is -0.489 e. The maximum Gasteiger partial charge on any atom is 0.258 e. The number of rotatable bonds is 2. The number of nitriles is 1. The van der Waals surface area contributed by atoms with Crippen molar-refractivity contribution in [3.05, 3.63) is 46.0 Å². The number of amides is 1. The van der Waals surface area contributed by atoms with Gasteiger partial charge in [0.05, 0.1) is 26.9 Å². The summed E-state index contributed by atoms with van der Waals surface area (Å²) in [6.07, 6.45) is 0.288. The monoisotopic (exact) mass is 549 g/mol. The van der Waals surface area contributed by atoms with E-state index >= 15 is 8.78 Å². The van der Waals surface area contributed by atoms with Crippen LogP contribution in [-0.2, 0) is 0 Å². The van der Waals surface area contributed by atoms with Crippen LogP contribution in [0.25, 0.3) is 21.2 Å². The molecule has 1 amide bonds. The van der Waals surface area contributed by atoms with Gasteiger partial charge in [-0.25, -0.2) is 13.2 Å². The fourth-order valence-corrected chi connectivity index (χ4v) is 6.32. The smallest absolute Gasteiger partial charge is 0.258 e. The van der Waals surface area contributed by atoms with Crippen molar-refractivity contribution >= 4 is 43.9 Å². The topological polar surface area (TPSA) is 79.4 Å². The summed E-state index contributed by atoms with van der Waals surface area (Å²) in [6, 6.07) is 4.93. The zero-order valence-electron chi connectivity index (χ0n) is 20.9. The van der Waals surface area contributed by atoms with Gasteiger partial charge >= 0.3 is 0 Å². The Kier molecular flexibility index (Phi) is 7.37. The summed E-state index contributed by atoms with van der Waals surface area (Å²) in [6.45, 7) is 7.78. The van der Waals surface area contributed by atoms with E-state index in [1.54, 1.807) is 13.8 Å². The van der Waals surface area contributed by atoms with Crippen LogP contribution in [0.4, 0.5) is 18.2 Å². The number of piperidine rings is 1. The molecule has 2 aromatic carbocycles. The van der Waals surface area contributed by atoms with Crippen LogP contribution >= 0.6 is 22.9 Å². The Hall–Kier alpha value is -2.96. The molecule has 2 unspecified atom stereocenters. The van der Waals surface area contributed by atoms with E-state index in [9.17, 15) is 14.4 Å². The molecule has 5 rings (SSSR count). The number of hydrogen-bond donors (Lipinski definition) is 1. The van der Waals surface area contributed by atoms with Crippen molar-refractivity contribution in [2.24, 2.45) is 5.92 Å². The molecule has 2 aliphatic rings. The van der Waals surface area contributed by atoms with Gasteiger partial charge in [-0.3, -0.25) is 4.79 Å². The van der Waals surface area contributed by atoms with E-state index < -0.39 is 29.3 Å². The van der Waals surface area contributed by atoms with Gasteiger partial charge in [-0.05, 0) is 30.0 Å². The SMILES string of the molecule is CC.CC(C)C1(F)CCN2C(=O)c3cc(F)c(-c4ccc(F)c5sc(N)c(C#N)c45)c(Cl)c3OCC2C1. The molecule has 0 saturated carbocycles. The number of carbonyl (C=O) groups is 1. The normalized spacial score (nSPS) is 20.9. The van der Waals surface area contributed by atoms with Gasteiger partial charge in [-0.15, -0.1) is 11.3 Å². The van der Waals surface area contributed by atoms with Crippen molar-refractivity contribution in [2.45, 2.75) is 52.2 Å². The van der Waals surface area contributed by atoms with Gasteiger partial charge in [0.15, 0.2) is 5.75 Å². The number of halogens is 4. The molecule has 3 aromatic rings. The Morgan fingerprint density at radius 2 is 1.97 bits per heavy atom. The van der Waals surface area contributed by atoms with Crippen LogP contribution in [0, 0.1) is 28.9 Å². The first-order chi connectivity index (χ1) is 17.6. The maximum absolute atomic E-state index is 15.6. The molecule has 2 N–H and O–H groups in total. The quantitative estimate of drug-likeness (QED) is 0.362. The zero-order valence-corrected chi connectivity index (χ0v) is 22.5. The van der Waals surface area contributed by atoms with Crippen molar-refractivity contribution < 1.29 is 22.7 Å². The summed E-state index contributed by atoms with van der Waals surface area (Å²) in [5.41, 5.74) is 4.48. The van der Waals surface area contributed by atoms with E-state index in [1.807, 2.05) is 19.9 Å². The van der Waals surface area contributed by atoms with E-state index in [0.29, 0.717) is 0 Å². The standard InChI is InChI=1S/C25H21ClF3N3O2S.C2H6/c1-11(2)25(29)5-6-32-12(8-25)10-34-21-14(24(32)33)7-17(28)19(20(21)26)13-3-4-16(27)22-18(13)15(9-30)23(31)35-22;1-2/h3-4,7,11-12H,5-6,8,10,31H2,1-2H3;1-2H3. The lowest BCUT2D eigenvalue weighted by atomic mass is 9.80. The number of fused-ring (bicyclic) bond motifs is 3. The van der Waals surface area contributed by atoms with Crippen LogP contribution < -0.4 is 10.5 Å². The van der Waals surface area contributed by atoms with Gasteiger partial charge in [0.25, 0.3) is 5.91 Å². The number of nitrogens with two attached hydrogens (primary N) is 1. The minimum atomic E-state index is -1.44. The second kappa shape index (κ2) is 10.1. The van der Waals surface area contributed by atoms with E-state index in [1.165, 1.54) is 11.0 Å². The summed E-state index contributed by atoms with van der Waals surface area (Å²) < 4.78 is 51.5. The first-order valence-corrected chi connectivity index (χ1v) is 13.3. The van der Waals surface area contributed by atoms with Gasteiger partial charge < -0.3 is 15.4 Å². The molecule has 37 heavy (non-hydrogen) atoms. The third-order valence-corrected chi connectivity index (χ3v) is 8.49. The molecule has 0 spiro atoms. The van der Waals surface area contributed by atoms with E-state index in [2.05, 4.69) is 0 Å². The molecule has 0 bridgehead atoms. The lowest BCUT2D eigenvalue weighted by molar-refractivity contribution is -0.0152. The molecule has 0 aliphatic carbocycles. The third kappa shape index (κ3) is 4.30. The zero-order chi connectivity index (χ0) is 27.2. The lowest BCUT2D eigenvalue weighted by Crippen LogP contribution is -2.53. The van der Waals surface area contributed by atoms with Crippen molar-refractivity contribution in [2.75, 3.05) is 18.9 Å². The first-order valence-electron chi connectivity index (χ1n) is 12.1. The Bertz CT molecular complexity index is 1430. The van der Waals surface area contributed by atoms with Crippen LogP contribution in [0.15, 0.2) is 18.2 Å². The van der Waals surface area contributed by atoms with Crippen molar-refractivity contribution in [3.63, 3.8) is 0 Å². The molecule has 1 saturated heterocycles. The molecule has 5 nitrogen and oxygen atoms in total. The summed E-state index contributed by atoms with van der Waals surface area (Å²) in [5.74, 6) is -2.16. The average molecular weight is 550 g/mol.